The fourth-order valence-corrected chi connectivity index (χ4v) is 3.81. The van der Waals surface area contributed by atoms with Crippen molar-refractivity contribution in [3.63, 3.8) is 0 Å². The molecule has 0 spiro atoms. The number of hydrogen-bond donors (Lipinski definition) is 0. The summed E-state index contributed by atoms with van der Waals surface area (Å²) in [7, 11) is 0. The summed E-state index contributed by atoms with van der Waals surface area (Å²) in [5.41, 5.74) is 4.94. The molecule has 0 N–H and O–H groups in total. The molecule has 1 aromatic heterocycles. The third-order valence-corrected chi connectivity index (χ3v) is 5.37. The third kappa shape index (κ3) is 4.31. The second-order valence-electron chi connectivity index (χ2n) is 7.51. The molecule has 0 atom stereocenters. The second kappa shape index (κ2) is 8.47. The van der Waals surface area contributed by atoms with Crippen LogP contribution in [-0.4, -0.2) is 47.9 Å². The molecule has 0 saturated carbocycles. The van der Waals surface area contributed by atoms with Crippen LogP contribution in [0.5, 0.6) is 0 Å². The summed E-state index contributed by atoms with van der Waals surface area (Å²) >= 11 is 0. The zero-order valence-corrected chi connectivity index (χ0v) is 17.4. The number of rotatable bonds is 5. The molecule has 4 rings (SSSR count). The number of aromatic nitrogens is 3. The summed E-state index contributed by atoms with van der Waals surface area (Å²) in [6.45, 7) is 10.9. The van der Waals surface area contributed by atoms with Crippen molar-refractivity contribution in [1.29, 1.82) is 0 Å². The van der Waals surface area contributed by atoms with Crippen LogP contribution in [0.4, 0.5) is 23.1 Å². The Morgan fingerprint density at radius 1 is 0.897 bits per heavy atom. The summed E-state index contributed by atoms with van der Waals surface area (Å²) in [5, 5.41) is 8.58. The van der Waals surface area contributed by atoms with Crippen molar-refractivity contribution < 1.29 is 0 Å². The Balaban J connectivity index is 1.49. The lowest BCUT2D eigenvalue weighted by Crippen LogP contribution is -2.47. The first kappa shape index (κ1) is 19.2. The maximum absolute atomic E-state index is 4.85. The van der Waals surface area contributed by atoms with E-state index in [1.807, 2.05) is 0 Å². The third-order valence-electron chi connectivity index (χ3n) is 5.37. The second-order valence-corrected chi connectivity index (χ2v) is 7.51. The molecule has 29 heavy (non-hydrogen) atoms. The number of benzene rings is 2. The monoisotopic (exact) mass is 388 g/mol. The average molecular weight is 389 g/mol. The topological polar surface area (TPSA) is 48.4 Å². The van der Waals surface area contributed by atoms with Gasteiger partial charge in [-0.1, -0.05) is 24.3 Å². The molecule has 0 aliphatic carbocycles. The summed E-state index contributed by atoms with van der Waals surface area (Å²) in [4.78, 5) is 11.7. The van der Waals surface area contributed by atoms with Gasteiger partial charge in [-0.2, -0.15) is 10.1 Å². The number of aryl methyl sites for hydroxylation is 2. The molecule has 0 bridgehead atoms. The maximum Gasteiger partial charge on any atom is 0.247 e. The average Bonchev–Trinajstić information content (AvgIpc) is 2.75. The highest BCUT2D eigenvalue weighted by Gasteiger charge is 2.21. The SMILES string of the molecule is CCN(c1cccc(C)c1)c1cnnc(N2CCN(c3cccc(C)c3)CC2)n1. The van der Waals surface area contributed by atoms with E-state index in [4.69, 9.17) is 4.98 Å². The van der Waals surface area contributed by atoms with Gasteiger partial charge in [0.1, 0.15) is 0 Å². The van der Waals surface area contributed by atoms with E-state index in [9.17, 15) is 0 Å². The van der Waals surface area contributed by atoms with Crippen LogP contribution in [0.3, 0.4) is 0 Å². The molecule has 150 valence electrons. The van der Waals surface area contributed by atoms with Crippen LogP contribution >= 0.6 is 0 Å². The number of anilines is 4. The quantitative estimate of drug-likeness (QED) is 0.659. The minimum Gasteiger partial charge on any atom is -0.368 e. The van der Waals surface area contributed by atoms with Crippen LogP contribution < -0.4 is 14.7 Å². The standard InChI is InChI=1S/C23H28N6/c1-4-29(21-10-6-8-19(3)16-21)22-17-24-26-23(25-22)28-13-11-27(12-14-28)20-9-5-7-18(2)15-20/h5-10,15-17H,4,11-14H2,1-3H3. The summed E-state index contributed by atoms with van der Waals surface area (Å²) in [6, 6.07) is 17.2. The fourth-order valence-electron chi connectivity index (χ4n) is 3.81. The Kier molecular flexibility index (Phi) is 5.60. The summed E-state index contributed by atoms with van der Waals surface area (Å²) in [6.07, 6.45) is 1.75. The number of hydrogen-bond acceptors (Lipinski definition) is 6. The van der Waals surface area contributed by atoms with Gasteiger partial charge in [0, 0.05) is 44.1 Å². The van der Waals surface area contributed by atoms with Crippen molar-refractivity contribution >= 4 is 23.1 Å². The van der Waals surface area contributed by atoms with Crippen molar-refractivity contribution in [2.45, 2.75) is 20.8 Å². The molecule has 6 heteroatoms. The molecular formula is C23H28N6. The van der Waals surface area contributed by atoms with Crippen LogP contribution in [0.15, 0.2) is 54.7 Å². The molecule has 1 fully saturated rings. The van der Waals surface area contributed by atoms with Gasteiger partial charge in [0.15, 0.2) is 5.82 Å². The Labute approximate surface area is 172 Å². The lowest BCUT2D eigenvalue weighted by Gasteiger charge is -2.36. The molecule has 2 aromatic carbocycles. The summed E-state index contributed by atoms with van der Waals surface area (Å²) < 4.78 is 0. The minimum atomic E-state index is 0.706. The molecule has 0 radical (unpaired) electrons. The largest absolute Gasteiger partial charge is 0.368 e. The van der Waals surface area contributed by atoms with Gasteiger partial charge >= 0.3 is 0 Å². The van der Waals surface area contributed by atoms with Crippen LogP contribution in [0.2, 0.25) is 0 Å². The Hall–Kier alpha value is -3.15. The predicted octanol–water partition coefficient (Wildman–Crippen LogP) is 3.97. The van der Waals surface area contributed by atoms with E-state index >= 15 is 0 Å². The Bertz CT molecular complexity index is 965. The first-order valence-corrected chi connectivity index (χ1v) is 10.2. The molecule has 6 nitrogen and oxygen atoms in total. The molecular weight excluding hydrogens is 360 g/mol. The fraction of sp³-hybridized carbons (Fsp3) is 0.348. The van der Waals surface area contributed by atoms with Crippen LogP contribution in [0.25, 0.3) is 0 Å². The first-order chi connectivity index (χ1) is 14.1. The Morgan fingerprint density at radius 3 is 2.28 bits per heavy atom. The van der Waals surface area contributed by atoms with Gasteiger partial charge < -0.3 is 14.7 Å². The van der Waals surface area contributed by atoms with Crippen LogP contribution in [0, 0.1) is 13.8 Å². The van der Waals surface area contributed by atoms with Gasteiger partial charge in [0.2, 0.25) is 5.95 Å². The predicted molar refractivity (Wildman–Crippen MR) is 119 cm³/mol. The van der Waals surface area contributed by atoms with Crippen molar-refractivity contribution in [1.82, 2.24) is 15.2 Å². The molecule has 0 amide bonds. The smallest absolute Gasteiger partial charge is 0.247 e. The van der Waals surface area contributed by atoms with E-state index in [0.29, 0.717) is 5.95 Å². The number of piperazine rings is 1. The lowest BCUT2D eigenvalue weighted by molar-refractivity contribution is 0.634. The van der Waals surface area contributed by atoms with Crippen LogP contribution in [-0.2, 0) is 0 Å². The molecule has 1 saturated heterocycles. The van der Waals surface area contributed by atoms with Gasteiger partial charge in [-0.3, -0.25) is 0 Å². The van der Waals surface area contributed by atoms with Crippen molar-refractivity contribution in [2.24, 2.45) is 0 Å². The minimum absolute atomic E-state index is 0.706. The van der Waals surface area contributed by atoms with E-state index in [2.05, 4.69) is 94.2 Å². The van der Waals surface area contributed by atoms with Gasteiger partial charge in [-0.15, -0.1) is 5.10 Å². The van der Waals surface area contributed by atoms with Gasteiger partial charge in [-0.25, -0.2) is 0 Å². The highest BCUT2D eigenvalue weighted by Crippen LogP contribution is 2.25. The van der Waals surface area contributed by atoms with Crippen LogP contribution in [0.1, 0.15) is 18.1 Å². The first-order valence-electron chi connectivity index (χ1n) is 10.2. The highest BCUT2D eigenvalue weighted by atomic mass is 15.4. The van der Waals surface area contributed by atoms with E-state index in [0.717, 1.165) is 44.2 Å². The van der Waals surface area contributed by atoms with E-state index < -0.39 is 0 Å². The lowest BCUT2D eigenvalue weighted by atomic mass is 10.2. The van der Waals surface area contributed by atoms with E-state index in [1.54, 1.807) is 6.20 Å². The van der Waals surface area contributed by atoms with E-state index in [1.165, 1.54) is 16.8 Å². The van der Waals surface area contributed by atoms with Crippen molar-refractivity contribution in [3.05, 3.63) is 65.9 Å². The normalized spacial score (nSPS) is 14.2. The van der Waals surface area contributed by atoms with Gasteiger partial charge in [0.25, 0.3) is 0 Å². The van der Waals surface area contributed by atoms with Gasteiger partial charge in [0.05, 0.1) is 6.20 Å². The molecule has 1 aliphatic heterocycles. The maximum atomic E-state index is 4.85. The molecule has 2 heterocycles. The molecule has 3 aromatic rings. The zero-order valence-electron chi connectivity index (χ0n) is 17.4. The summed E-state index contributed by atoms with van der Waals surface area (Å²) in [5.74, 6) is 1.54. The zero-order chi connectivity index (χ0) is 20.2. The molecule has 0 unspecified atom stereocenters. The number of nitrogens with zero attached hydrogens (tertiary/aromatic N) is 6. The highest BCUT2D eigenvalue weighted by molar-refractivity contribution is 5.61. The van der Waals surface area contributed by atoms with Crippen molar-refractivity contribution in [2.75, 3.05) is 47.4 Å². The Morgan fingerprint density at radius 2 is 1.59 bits per heavy atom. The van der Waals surface area contributed by atoms with Crippen molar-refractivity contribution in [3.8, 4) is 0 Å². The van der Waals surface area contributed by atoms with Gasteiger partial charge in [-0.05, 0) is 56.2 Å². The van der Waals surface area contributed by atoms with E-state index in [-0.39, 0.29) is 0 Å². The molecule has 1 aliphatic rings.